The Kier molecular flexibility index (Phi) is 3.53. The van der Waals surface area contributed by atoms with Crippen molar-refractivity contribution in [2.45, 2.75) is 18.3 Å². The second-order valence-corrected chi connectivity index (χ2v) is 4.23. The zero-order chi connectivity index (χ0) is 12.1. The predicted molar refractivity (Wildman–Crippen MR) is 61.3 cm³/mol. The molecule has 1 saturated heterocycles. The van der Waals surface area contributed by atoms with E-state index in [0.29, 0.717) is 0 Å². The maximum atomic E-state index is 10.8. The van der Waals surface area contributed by atoms with E-state index < -0.39 is 6.09 Å². The first kappa shape index (κ1) is 11.8. The summed E-state index contributed by atoms with van der Waals surface area (Å²) in [7, 11) is 0. The van der Waals surface area contributed by atoms with Crippen LogP contribution in [0.4, 0.5) is 4.79 Å². The first-order chi connectivity index (χ1) is 8.23. The average Bonchev–Trinajstić information content (AvgIpc) is 2.39. The van der Waals surface area contributed by atoms with Crippen molar-refractivity contribution in [2.24, 2.45) is 5.73 Å². The number of aromatic nitrogens is 2. The fraction of sp³-hybridized carbons (Fsp3) is 0.545. The first-order valence-corrected chi connectivity index (χ1v) is 5.62. The summed E-state index contributed by atoms with van der Waals surface area (Å²) in [5.74, 6) is 0. The summed E-state index contributed by atoms with van der Waals surface area (Å²) in [5, 5.41) is 3.28. The molecule has 1 fully saturated rings. The van der Waals surface area contributed by atoms with Crippen LogP contribution in [0.3, 0.4) is 0 Å². The van der Waals surface area contributed by atoms with Crippen molar-refractivity contribution >= 4 is 6.09 Å². The Morgan fingerprint density at radius 1 is 1.47 bits per heavy atom. The summed E-state index contributed by atoms with van der Waals surface area (Å²) in [5.41, 5.74) is 5.64. The molecule has 17 heavy (non-hydrogen) atoms. The number of carbonyl (C=O) groups is 1. The lowest BCUT2D eigenvalue weighted by Crippen LogP contribution is -2.44. The van der Waals surface area contributed by atoms with Gasteiger partial charge in [0.15, 0.2) is 0 Å². The molecule has 0 bridgehead atoms. The molecule has 1 aliphatic heterocycles. The minimum absolute atomic E-state index is 0.255. The number of nitrogens with zero attached hydrogens (tertiary/aromatic N) is 2. The smallest absolute Gasteiger partial charge is 0.404 e. The Morgan fingerprint density at radius 3 is 2.82 bits per heavy atom. The van der Waals surface area contributed by atoms with Crippen LogP contribution in [0.15, 0.2) is 18.6 Å². The zero-order valence-corrected chi connectivity index (χ0v) is 9.56. The third kappa shape index (κ3) is 2.71. The summed E-state index contributed by atoms with van der Waals surface area (Å²) in [6.07, 6.45) is 6.00. The number of nitrogens with one attached hydrogen (secondary N) is 1. The molecule has 1 aromatic rings. The number of rotatable bonds is 3. The highest BCUT2D eigenvalue weighted by atomic mass is 16.5. The summed E-state index contributed by atoms with van der Waals surface area (Å²) >= 11 is 0. The van der Waals surface area contributed by atoms with Gasteiger partial charge in [-0.3, -0.25) is 9.97 Å². The zero-order valence-electron chi connectivity index (χ0n) is 9.56. The minimum Gasteiger partial charge on any atom is -0.449 e. The van der Waals surface area contributed by atoms with E-state index in [0.717, 1.165) is 31.6 Å². The monoisotopic (exact) mass is 236 g/mol. The normalized spacial score (nSPS) is 18.6. The fourth-order valence-electron chi connectivity index (χ4n) is 2.16. The van der Waals surface area contributed by atoms with Gasteiger partial charge >= 0.3 is 6.09 Å². The molecule has 1 aliphatic rings. The van der Waals surface area contributed by atoms with E-state index in [-0.39, 0.29) is 12.0 Å². The lowest BCUT2D eigenvalue weighted by molar-refractivity contribution is 0.107. The predicted octanol–water partition coefficient (Wildman–Crippen LogP) is 0.193. The van der Waals surface area contributed by atoms with Crippen LogP contribution in [-0.2, 0) is 10.2 Å². The van der Waals surface area contributed by atoms with Crippen LogP contribution in [0.1, 0.15) is 18.5 Å². The van der Waals surface area contributed by atoms with Gasteiger partial charge in [0.05, 0.1) is 11.1 Å². The maximum absolute atomic E-state index is 10.8. The molecule has 3 N–H and O–H groups in total. The topological polar surface area (TPSA) is 90.1 Å². The number of carbonyl (C=O) groups excluding carboxylic acids is 1. The van der Waals surface area contributed by atoms with Gasteiger partial charge < -0.3 is 15.8 Å². The van der Waals surface area contributed by atoms with Crippen LogP contribution in [0, 0.1) is 0 Å². The number of ether oxygens (including phenoxy) is 1. The van der Waals surface area contributed by atoms with Crippen molar-refractivity contribution < 1.29 is 9.53 Å². The third-order valence-corrected chi connectivity index (χ3v) is 3.16. The van der Waals surface area contributed by atoms with Crippen LogP contribution in [-0.4, -0.2) is 35.8 Å². The van der Waals surface area contributed by atoms with Crippen molar-refractivity contribution in [2.75, 3.05) is 19.7 Å². The van der Waals surface area contributed by atoms with Gasteiger partial charge in [0.25, 0.3) is 0 Å². The van der Waals surface area contributed by atoms with Gasteiger partial charge in [-0.2, -0.15) is 0 Å². The Hall–Kier alpha value is -1.69. The molecule has 0 aromatic carbocycles. The van der Waals surface area contributed by atoms with Crippen molar-refractivity contribution in [3.05, 3.63) is 24.3 Å². The SMILES string of the molecule is NC(=O)OCC1(c2cnccn2)CCNCC1. The van der Waals surface area contributed by atoms with Gasteiger partial charge in [0, 0.05) is 18.6 Å². The largest absolute Gasteiger partial charge is 0.449 e. The molecular formula is C11H16N4O2. The van der Waals surface area contributed by atoms with E-state index in [2.05, 4.69) is 15.3 Å². The Balaban J connectivity index is 2.20. The number of nitrogens with two attached hydrogens (primary N) is 1. The molecule has 92 valence electrons. The van der Waals surface area contributed by atoms with Gasteiger partial charge in [0.1, 0.15) is 6.61 Å². The molecule has 2 rings (SSSR count). The van der Waals surface area contributed by atoms with Crippen LogP contribution in [0.2, 0.25) is 0 Å². The summed E-state index contributed by atoms with van der Waals surface area (Å²) in [6.45, 7) is 2.01. The molecule has 0 saturated carbocycles. The number of hydrogen-bond donors (Lipinski definition) is 2. The fourth-order valence-corrected chi connectivity index (χ4v) is 2.16. The Bertz CT molecular complexity index is 376. The summed E-state index contributed by atoms with van der Waals surface area (Å²) < 4.78 is 4.98. The Morgan fingerprint density at radius 2 is 2.24 bits per heavy atom. The van der Waals surface area contributed by atoms with Gasteiger partial charge in [-0.1, -0.05) is 0 Å². The van der Waals surface area contributed by atoms with Crippen LogP contribution < -0.4 is 11.1 Å². The lowest BCUT2D eigenvalue weighted by Gasteiger charge is -2.35. The van der Waals surface area contributed by atoms with Gasteiger partial charge in [0.2, 0.25) is 0 Å². The summed E-state index contributed by atoms with van der Waals surface area (Å²) in [6, 6.07) is 0. The molecule has 2 heterocycles. The van der Waals surface area contributed by atoms with Crippen LogP contribution in [0.5, 0.6) is 0 Å². The van der Waals surface area contributed by atoms with E-state index >= 15 is 0 Å². The molecule has 6 nitrogen and oxygen atoms in total. The van der Waals surface area contributed by atoms with E-state index in [1.54, 1.807) is 18.6 Å². The minimum atomic E-state index is -0.744. The molecule has 0 atom stereocenters. The molecule has 1 amide bonds. The Labute approximate surface area is 99.6 Å². The van der Waals surface area contributed by atoms with Crippen molar-refractivity contribution in [3.8, 4) is 0 Å². The van der Waals surface area contributed by atoms with Crippen LogP contribution in [0.25, 0.3) is 0 Å². The maximum Gasteiger partial charge on any atom is 0.404 e. The number of hydrogen-bond acceptors (Lipinski definition) is 5. The van der Waals surface area contributed by atoms with Gasteiger partial charge in [-0.15, -0.1) is 0 Å². The van der Waals surface area contributed by atoms with Crippen molar-refractivity contribution in [1.29, 1.82) is 0 Å². The molecule has 0 spiro atoms. The highest BCUT2D eigenvalue weighted by molar-refractivity contribution is 5.64. The van der Waals surface area contributed by atoms with Gasteiger partial charge in [-0.05, 0) is 25.9 Å². The quantitative estimate of drug-likeness (QED) is 0.782. The molecule has 6 heteroatoms. The molecule has 0 unspecified atom stereocenters. The van der Waals surface area contributed by atoms with Crippen molar-refractivity contribution in [1.82, 2.24) is 15.3 Å². The first-order valence-electron chi connectivity index (χ1n) is 5.62. The molecule has 0 radical (unpaired) electrons. The lowest BCUT2D eigenvalue weighted by atomic mass is 9.77. The standard InChI is InChI=1S/C11H16N4O2/c12-10(16)17-8-11(1-3-13-4-2-11)9-7-14-5-6-15-9/h5-7,13H,1-4,8H2,(H2,12,16). The highest BCUT2D eigenvalue weighted by Crippen LogP contribution is 2.31. The molecule has 0 aliphatic carbocycles. The van der Waals surface area contributed by atoms with E-state index in [9.17, 15) is 4.79 Å². The van der Waals surface area contributed by atoms with E-state index in [1.807, 2.05) is 0 Å². The number of piperidine rings is 1. The van der Waals surface area contributed by atoms with E-state index in [4.69, 9.17) is 10.5 Å². The number of amides is 1. The van der Waals surface area contributed by atoms with Crippen LogP contribution >= 0.6 is 0 Å². The molecule has 1 aromatic heterocycles. The van der Waals surface area contributed by atoms with Crippen molar-refractivity contribution in [3.63, 3.8) is 0 Å². The summed E-state index contributed by atoms with van der Waals surface area (Å²) in [4.78, 5) is 19.2. The average molecular weight is 236 g/mol. The third-order valence-electron chi connectivity index (χ3n) is 3.16. The molecular weight excluding hydrogens is 220 g/mol. The van der Waals surface area contributed by atoms with Gasteiger partial charge in [-0.25, -0.2) is 4.79 Å². The second kappa shape index (κ2) is 5.09. The van der Waals surface area contributed by atoms with E-state index in [1.165, 1.54) is 0 Å². The number of primary amides is 1. The second-order valence-electron chi connectivity index (χ2n) is 4.23. The highest BCUT2D eigenvalue weighted by Gasteiger charge is 2.36.